The van der Waals surface area contributed by atoms with E-state index >= 15 is 0 Å². The summed E-state index contributed by atoms with van der Waals surface area (Å²) >= 11 is 12.0. The zero-order valence-electron chi connectivity index (χ0n) is 16.2. The summed E-state index contributed by atoms with van der Waals surface area (Å²) in [4.78, 5) is 41.7. The highest BCUT2D eigenvalue weighted by Crippen LogP contribution is 2.33. The molecule has 156 valence electrons. The van der Waals surface area contributed by atoms with Gasteiger partial charge in [-0.3, -0.25) is 14.4 Å². The van der Waals surface area contributed by atoms with Crippen LogP contribution in [0.3, 0.4) is 0 Å². The second-order valence-corrected chi connectivity index (χ2v) is 9.08. The summed E-state index contributed by atoms with van der Waals surface area (Å²) in [6, 6.07) is 4.40. The molecule has 0 radical (unpaired) electrons. The maximum absolute atomic E-state index is 13.1. The van der Waals surface area contributed by atoms with Crippen LogP contribution in [0.15, 0.2) is 18.2 Å². The number of halogens is 2. The fourth-order valence-electron chi connectivity index (χ4n) is 4.32. The van der Waals surface area contributed by atoms with Crippen LogP contribution >= 0.6 is 23.2 Å². The van der Waals surface area contributed by atoms with Crippen molar-refractivity contribution < 1.29 is 14.4 Å². The Morgan fingerprint density at radius 2 is 1.45 bits per heavy atom. The number of piperidine rings is 1. The number of hydrogen-bond donors (Lipinski definition) is 1. The zero-order valence-corrected chi connectivity index (χ0v) is 17.7. The van der Waals surface area contributed by atoms with E-state index in [0.29, 0.717) is 54.6 Å². The van der Waals surface area contributed by atoms with E-state index in [1.165, 1.54) is 0 Å². The summed E-state index contributed by atoms with van der Waals surface area (Å²) in [5.41, 5.74) is 0.527. The Hall–Kier alpha value is -1.79. The molecule has 0 bridgehead atoms. The molecule has 1 aromatic carbocycles. The van der Waals surface area contributed by atoms with Gasteiger partial charge in [-0.25, -0.2) is 0 Å². The lowest BCUT2D eigenvalue weighted by molar-refractivity contribution is -0.143. The topological polar surface area (TPSA) is 69.7 Å². The van der Waals surface area contributed by atoms with Crippen molar-refractivity contribution in [2.45, 2.75) is 44.6 Å². The lowest BCUT2D eigenvalue weighted by Crippen LogP contribution is -2.48. The van der Waals surface area contributed by atoms with Gasteiger partial charge in [0.05, 0.1) is 0 Å². The van der Waals surface area contributed by atoms with Gasteiger partial charge in [0, 0.05) is 47.2 Å². The molecule has 4 rings (SSSR count). The maximum atomic E-state index is 13.1. The molecule has 1 unspecified atom stereocenters. The molecular weight excluding hydrogens is 413 g/mol. The van der Waals surface area contributed by atoms with E-state index in [-0.39, 0.29) is 29.6 Å². The van der Waals surface area contributed by atoms with Crippen LogP contribution < -0.4 is 5.32 Å². The van der Waals surface area contributed by atoms with Gasteiger partial charge in [-0.1, -0.05) is 23.2 Å². The summed E-state index contributed by atoms with van der Waals surface area (Å²) < 4.78 is 0. The summed E-state index contributed by atoms with van der Waals surface area (Å²) in [5.74, 6) is 0.163. The monoisotopic (exact) mass is 437 g/mol. The molecule has 2 saturated heterocycles. The zero-order chi connectivity index (χ0) is 20.5. The van der Waals surface area contributed by atoms with Crippen molar-refractivity contribution in [2.24, 2.45) is 11.8 Å². The Bertz CT molecular complexity index is 799. The average molecular weight is 438 g/mol. The van der Waals surface area contributed by atoms with Gasteiger partial charge in [0.15, 0.2) is 0 Å². The van der Waals surface area contributed by atoms with Crippen LogP contribution in [0.4, 0.5) is 5.69 Å². The minimum absolute atomic E-state index is 0.0327. The number of benzene rings is 1. The third kappa shape index (κ3) is 4.69. The van der Waals surface area contributed by atoms with E-state index in [1.807, 2.05) is 4.90 Å². The van der Waals surface area contributed by atoms with Crippen LogP contribution in [0.25, 0.3) is 0 Å². The van der Waals surface area contributed by atoms with Gasteiger partial charge < -0.3 is 15.1 Å². The first kappa shape index (κ1) is 20.5. The number of carbonyl (C=O) groups is 3. The van der Waals surface area contributed by atoms with Crippen LogP contribution in [0.5, 0.6) is 0 Å². The SMILES string of the molecule is O=C(Nc1cc(Cl)cc(Cl)c1)C1CCCN1C(=O)C1CCN(C(=O)C2CC2)CC1. The van der Waals surface area contributed by atoms with Gasteiger partial charge in [0.1, 0.15) is 6.04 Å². The van der Waals surface area contributed by atoms with Crippen LogP contribution in [-0.4, -0.2) is 53.2 Å². The van der Waals surface area contributed by atoms with Crippen LogP contribution in [0.1, 0.15) is 38.5 Å². The molecule has 6 nitrogen and oxygen atoms in total. The fraction of sp³-hybridized carbons (Fsp3) is 0.571. The summed E-state index contributed by atoms with van der Waals surface area (Å²) in [6.45, 7) is 1.86. The molecular formula is C21H25Cl2N3O3. The summed E-state index contributed by atoms with van der Waals surface area (Å²) in [6.07, 6.45) is 4.79. The van der Waals surface area contributed by atoms with Crippen LogP contribution in [0.2, 0.25) is 10.0 Å². The molecule has 2 aliphatic heterocycles. The number of likely N-dealkylation sites (tertiary alicyclic amines) is 2. The Morgan fingerprint density at radius 3 is 2.07 bits per heavy atom. The van der Waals surface area contributed by atoms with Crippen molar-refractivity contribution in [3.63, 3.8) is 0 Å². The van der Waals surface area contributed by atoms with E-state index < -0.39 is 6.04 Å². The molecule has 1 atom stereocenters. The normalized spacial score (nSPS) is 22.6. The molecule has 29 heavy (non-hydrogen) atoms. The molecule has 3 fully saturated rings. The van der Waals surface area contributed by atoms with Gasteiger partial charge in [0.2, 0.25) is 17.7 Å². The molecule has 3 aliphatic rings. The highest BCUT2D eigenvalue weighted by atomic mass is 35.5. The predicted octanol–water partition coefficient (Wildman–Crippen LogP) is 3.57. The molecule has 1 N–H and O–H groups in total. The van der Waals surface area contributed by atoms with E-state index in [1.54, 1.807) is 23.1 Å². The van der Waals surface area contributed by atoms with Gasteiger partial charge in [-0.15, -0.1) is 0 Å². The third-order valence-electron chi connectivity index (χ3n) is 6.05. The second-order valence-electron chi connectivity index (χ2n) is 8.21. The number of anilines is 1. The average Bonchev–Trinajstić information content (AvgIpc) is 3.42. The Labute approximate surface area is 180 Å². The van der Waals surface area contributed by atoms with Gasteiger partial charge in [-0.2, -0.15) is 0 Å². The molecule has 1 saturated carbocycles. The third-order valence-corrected chi connectivity index (χ3v) is 6.49. The first-order chi connectivity index (χ1) is 13.9. The number of carbonyl (C=O) groups excluding carboxylic acids is 3. The van der Waals surface area contributed by atoms with Crippen molar-refractivity contribution in [3.05, 3.63) is 28.2 Å². The van der Waals surface area contributed by atoms with Gasteiger partial charge in [0.25, 0.3) is 0 Å². The number of nitrogens with zero attached hydrogens (tertiary/aromatic N) is 2. The molecule has 0 spiro atoms. The lowest BCUT2D eigenvalue weighted by Gasteiger charge is -2.34. The molecule has 1 aliphatic carbocycles. The van der Waals surface area contributed by atoms with E-state index in [9.17, 15) is 14.4 Å². The van der Waals surface area contributed by atoms with E-state index in [0.717, 1.165) is 19.3 Å². The molecule has 8 heteroatoms. The standard InChI is InChI=1S/C21H25Cl2N3O3/c22-15-10-16(23)12-17(11-15)24-19(27)18-2-1-7-26(18)21(29)14-5-8-25(9-6-14)20(28)13-3-4-13/h10-14,18H,1-9H2,(H,24,27). The quantitative estimate of drug-likeness (QED) is 0.782. The van der Waals surface area contributed by atoms with Gasteiger partial charge >= 0.3 is 0 Å². The summed E-state index contributed by atoms with van der Waals surface area (Å²) in [7, 11) is 0. The second kappa shape index (κ2) is 8.52. The van der Waals surface area contributed by atoms with Crippen molar-refractivity contribution in [2.75, 3.05) is 25.0 Å². The number of amides is 3. The molecule has 3 amide bonds. The highest BCUT2D eigenvalue weighted by molar-refractivity contribution is 6.35. The predicted molar refractivity (Wildman–Crippen MR) is 112 cm³/mol. The number of nitrogens with one attached hydrogen (secondary N) is 1. The fourth-order valence-corrected chi connectivity index (χ4v) is 4.85. The van der Waals surface area contributed by atoms with Crippen molar-refractivity contribution >= 4 is 46.6 Å². The van der Waals surface area contributed by atoms with Crippen LogP contribution in [-0.2, 0) is 14.4 Å². The Kier molecular flexibility index (Phi) is 6.02. The largest absolute Gasteiger partial charge is 0.342 e. The Balaban J connectivity index is 1.35. The van der Waals surface area contributed by atoms with Crippen molar-refractivity contribution in [1.29, 1.82) is 0 Å². The van der Waals surface area contributed by atoms with E-state index in [4.69, 9.17) is 23.2 Å². The van der Waals surface area contributed by atoms with E-state index in [2.05, 4.69) is 5.32 Å². The van der Waals surface area contributed by atoms with Crippen molar-refractivity contribution in [3.8, 4) is 0 Å². The summed E-state index contributed by atoms with van der Waals surface area (Å²) in [5, 5.41) is 3.73. The van der Waals surface area contributed by atoms with Crippen LogP contribution in [0, 0.1) is 11.8 Å². The maximum Gasteiger partial charge on any atom is 0.247 e. The first-order valence-corrected chi connectivity index (χ1v) is 11.0. The first-order valence-electron chi connectivity index (χ1n) is 10.3. The molecule has 2 heterocycles. The van der Waals surface area contributed by atoms with Crippen molar-refractivity contribution in [1.82, 2.24) is 9.80 Å². The smallest absolute Gasteiger partial charge is 0.247 e. The lowest BCUT2D eigenvalue weighted by atomic mass is 9.94. The minimum Gasteiger partial charge on any atom is -0.342 e. The Morgan fingerprint density at radius 1 is 0.828 bits per heavy atom. The highest BCUT2D eigenvalue weighted by Gasteiger charge is 2.40. The number of hydrogen-bond acceptors (Lipinski definition) is 3. The number of rotatable bonds is 4. The molecule has 1 aromatic rings. The van der Waals surface area contributed by atoms with Gasteiger partial charge in [-0.05, 0) is 56.7 Å². The molecule has 0 aromatic heterocycles. The minimum atomic E-state index is -0.480.